The SMILES string of the molecule is C=CCC[C@@H]1CCC[C@]2(CCC[C@@H](CCCC)O2)O1.C=CC[C@@H](CCCOCc1ccccc1)OCc1ccccc1.C=CC[C@@H](CCCOCc1ccccc1)OCc1ccccc1.CC1(C)COC2(C=C2)OC1.OCCC[C@@H]1CCCC2(CCC[C@@H](CCCO)O2)O1. The van der Waals surface area contributed by atoms with Crippen molar-refractivity contribution < 1.29 is 57.6 Å². The van der Waals surface area contributed by atoms with Crippen molar-refractivity contribution in [2.24, 2.45) is 5.41 Å². The number of rotatable bonds is 34. The van der Waals surface area contributed by atoms with Gasteiger partial charge in [0.25, 0.3) is 0 Å². The maximum absolute atomic E-state index is 8.93. The van der Waals surface area contributed by atoms with Gasteiger partial charge in [0.05, 0.1) is 76.3 Å². The van der Waals surface area contributed by atoms with Gasteiger partial charge in [0, 0.05) is 57.5 Å². The molecule has 94 heavy (non-hydrogen) atoms. The maximum Gasteiger partial charge on any atom is 0.208 e. The van der Waals surface area contributed by atoms with Crippen LogP contribution in [0.5, 0.6) is 0 Å². The third-order valence-corrected chi connectivity index (χ3v) is 18.0. The number of allylic oxidation sites excluding steroid dienone is 1. The zero-order chi connectivity index (χ0) is 66.7. The standard InChI is InChI=1S/2C21H26O2.C17H30O2.C15H28O4.C8H12O2/c2*1-2-10-21(23-18-20-13-7-4-8-14-20)15-9-16-22-17-19-11-5-3-6-12-19;1-3-5-9-15-11-7-13-17(18-15)14-8-12-16(19-17)10-6-4-2;16-11-3-7-13-5-1-9-15(18-13)10-2-6-14(19-15)8-4-12-17;1-7(2)5-9-8(3-4-8)10-6-7/h2*2-8,11-14,21H,1,9-10,15-18H2;3,15-16H,1,4-14H2,2H3;13-14,16-17H,1-12H2;3-4H,5-6H2,1-2H3/t2*21-;15-,16-,17+;13-,14-,15?;/m0010./s1. The highest BCUT2D eigenvalue weighted by Crippen LogP contribution is 2.43. The van der Waals surface area contributed by atoms with Crippen molar-refractivity contribution in [3.8, 4) is 0 Å². The van der Waals surface area contributed by atoms with Gasteiger partial charge < -0.3 is 57.6 Å². The Morgan fingerprint density at radius 1 is 0.468 bits per heavy atom. The van der Waals surface area contributed by atoms with E-state index in [0.717, 1.165) is 155 Å². The Bertz CT molecular complexity index is 2420. The second-order valence-electron chi connectivity index (χ2n) is 27.1. The molecular weight excluding hydrogens is 1180 g/mol. The summed E-state index contributed by atoms with van der Waals surface area (Å²) in [5.74, 6) is -0.965. The van der Waals surface area contributed by atoms with E-state index in [4.69, 9.17) is 57.6 Å². The lowest BCUT2D eigenvalue weighted by Crippen LogP contribution is -2.48. The van der Waals surface area contributed by atoms with E-state index >= 15 is 0 Å². The molecule has 1 aliphatic carbocycles. The van der Waals surface area contributed by atoms with Crippen LogP contribution in [0.15, 0.2) is 171 Å². The van der Waals surface area contributed by atoms with Crippen LogP contribution in [0, 0.1) is 5.41 Å². The van der Waals surface area contributed by atoms with Crippen LogP contribution in [-0.2, 0) is 73.8 Å². The van der Waals surface area contributed by atoms with Crippen molar-refractivity contribution in [1.82, 2.24) is 0 Å². The van der Waals surface area contributed by atoms with Crippen LogP contribution in [0.1, 0.15) is 216 Å². The van der Waals surface area contributed by atoms with E-state index in [2.05, 4.69) is 89.0 Å². The summed E-state index contributed by atoms with van der Waals surface area (Å²) < 4.78 is 59.6. The highest BCUT2D eigenvalue weighted by molar-refractivity contribution is 5.25. The Labute approximate surface area is 568 Å². The van der Waals surface area contributed by atoms with E-state index in [9.17, 15) is 0 Å². The van der Waals surface area contributed by atoms with Gasteiger partial charge in [0.2, 0.25) is 5.79 Å². The quantitative estimate of drug-likeness (QED) is 0.0341. The van der Waals surface area contributed by atoms with E-state index in [1.807, 2.05) is 103 Å². The Kier molecular flexibility index (Phi) is 38.2. The summed E-state index contributed by atoms with van der Waals surface area (Å²) in [6, 6.07) is 41.1. The van der Waals surface area contributed by atoms with E-state index in [0.29, 0.717) is 38.6 Å². The summed E-state index contributed by atoms with van der Waals surface area (Å²) in [4.78, 5) is 0. The van der Waals surface area contributed by atoms with Gasteiger partial charge in [-0.2, -0.15) is 0 Å². The van der Waals surface area contributed by atoms with E-state index in [1.165, 1.54) is 67.2 Å². The molecule has 10 rings (SSSR count). The van der Waals surface area contributed by atoms with Crippen LogP contribution >= 0.6 is 0 Å². The predicted molar refractivity (Wildman–Crippen MR) is 380 cm³/mol. The molecule has 0 bridgehead atoms. The fraction of sp³-hybridized carbons (Fsp3) is 0.610. The number of benzene rings is 4. The van der Waals surface area contributed by atoms with Crippen molar-refractivity contribution in [2.45, 2.75) is 275 Å². The lowest BCUT2D eigenvalue weighted by molar-refractivity contribution is -0.316. The first-order valence-electron chi connectivity index (χ1n) is 36.2. The first-order chi connectivity index (χ1) is 45.9. The topological polar surface area (TPSA) is 133 Å². The van der Waals surface area contributed by atoms with E-state index in [1.54, 1.807) is 0 Å². The molecule has 12 nitrogen and oxygen atoms in total. The third-order valence-electron chi connectivity index (χ3n) is 18.0. The van der Waals surface area contributed by atoms with Crippen LogP contribution < -0.4 is 0 Å². The first-order valence-corrected chi connectivity index (χ1v) is 36.2. The minimum atomic E-state index is -0.366. The third kappa shape index (κ3) is 32.1. The molecule has 7 atom stereocenters. The number of hydrogen-bond donors (Lipinski definition) is 2. The van der Waals surface area contributed by atoms with Crippen molar-refractivity contribution in [3.63, 3.8) is 0 Å². The number of aliphatic hydroxyl groups excluding tert-OH is 2. The number of ether oxygens (including phenoxy) is 10. The van der Waals surface area contributed by atoms with Gasteiger partial charge in [-0.1, -0.05) is 173 Å². The van der Waals surface area contributed by atoms with Gasteiger partial charge in [-0.25, -0.2) is 0 Å². The Morgan fingerprint density at radius 3 is 1.15 bits per heavy atom. The summed E-state index contributed by atoms with van der Waals surface area (Å²) >= 11 is 0. The minimum absolute atomic E-state index is 0.190. The zero-order valence-corrected chi connectivity index (χ0v) is 58.2. The number of hydrogen-bond acceptors (Lipinski definition) is 12. The second kappa shape index (κ2) is 45.8. The number of aliphatic hydroxyl groups is 2. The molecule has 12 heteroatoms. The van der Waals surface area contributed by atoms with Gasteiger partial charge in [0.1, 0.15) is 0 Å². The molecule has 0 radical (unpaired) electrons. The van der Waals surface area contributed by atoms with Crippen molar-refractivity contribution >= 4 is 0 Å². The fourth-order valence-electron chi connectivity index (χ4n) is 12.6. The number of unbranched alkanes of at least 4 members (excludes halogenated alkanes) is 1. The molecule has 4 aromatic carbocycles. The molecule has 0 saturated carbocycles. The molecule has 4 aromatic rings. The van der Waals surface area contributed by atoms with E-state index < -0.39 is 0 Å². The predicted octanol–water partition coefficient (Wildman–Crippen LogP) is 19.0. The van der Waals surface area contributed by atoms with Gasteiger partial charge in [-0.05, 0) is 169 Å². The molecule has 522 valence electrons. The van der Waals surface area contributed by atoms with Gasteiger partial charge in [0.15, 0.2) is 11.6 Å². The molecule has 2 N–H and O–H groups in total. The maximum atomic E-state index is 8.93. The first kappa shape index (κ1) is 78.4. The summed E-state index contributed by atoms with van der Waals surface area (Å²) in [5.41, 5.74) is 5.05. The summed E-state index contributed by atoms with van der Waals surface area (Å²) in [7, 11) is 0. The van der Waals surface area contributed by atoms with Crippen LogP contribution in [-0.4, -0.2) is 104 Å². The Hall–Kier alpha value is -4.64. The van der Waals surface area contributed by atoms with Crippen LogP contribution in [0.25, 0.3) is 0 Å². The normalized spacial score (nSPS) is 22.7. The largest absolute Gasteiger partial charge is 0.396 e. The lowest BCUT2D eigenvalue weighted by atomic mass is 9.91. The minimum Gasteiger partial charge on any atom is -0.396 e. The smallest absolute Gasteiger partial charge is 0.208 e. The highest BCUT2D eigenvalue weighted by atomic mass is 16.7. The fourth-order valence-corrected chi connectivity index (χ4v) is 12.6. The molecule has 5 fully saturated rings. The lowest BCUT2D eigenvalue weighted by Gasteiger charge is -2.46. The van der Waals surface area contributed by atoms with Gasteiger partial charge in [-0.15, -0.1) is 19.7 Å². The summed E-state index contributed by atoms with van der Waals surface area (Å²) in [6.45, 7) is 24.3. The molecule has 5 heterocycles. The van der Waals surface area contributed by atoms with Crippen LogP contribution in [0.3, 0.4) is 0 Å². The van der Waals surface area contributed by atoms with E-state index in [-0.39, 0.29) is 60.4 Å². The molecule has 5 saturated heterocycles. The van der Waals surface area contributed by atoms with Crippen LogP contribution in [0.2, 0.25) is 0 Å². The molecule has 0 amide bonds. The van der Waals surface area contributed by atoms with Gasteiger partial charge in [-0.3, -0.25) is 0 Å². The molecule has 0 unspecified atom stereocenters. The summed E-state index contributed by atoms with van der Waals surface area (Å²) in [6.07, 6.45) is 40.3. The van der Waals surface area contributed by atoms with Crippen molar-refractivity contribution in [1.29, 1.82) is 0 Å². The van der Waals surface area contributed by atoms with Gasteiger partial charge >= 0.3 is 0 Å². The Morgan fingerprint density at radius 2 is 0.819 bits per heavy atom. The molecule has 0 aromatic heterocycles. The molecular formula is C82H122O12. The second-order valence-corrected chi connectivity index (χ2v) is 27.1. The summed E-state index contributed by atoms with van der Waals surface area (Å²) in [5, 5.41) is 17.9. The average Bonchev–Trinajstić information content (AvgIpc) is 1.51. The molecule has 6 aliphatic rings. The highest BCUT2D eigenvalue weighted by Gasteiger charge is 2.45. The molecule has 3 spiro atoms. The average molecular weight is 1300 g/mol. The van der Waals surface area contributed by atoms with Crippen LogP contribution in [0.4, 0.5) is 0 Å². The molecule has 5 aliphatic heterocycles. The monoisotopic (exact) mass is 1300 g/mol. The van der Waals surface area contributed by atoms with Crippen molar-refractivity contribution in [3.05, 3.63) is 194 Å². The zero-order valence-electron chi connectivity index (χ0n) is 58.2. The Balaban J connectivity index is 0.000000190. The van der Waals surface area contributed by atoms with Crippen molar-refractivity contribution in [2.75, 3.05) is 39.6 Å².